The minimum Gasteiger partial charge on any atom is -0.352 e. The summed E-state index contributed by atoms with van der Waals surface area (Å²) in [6.07, 6.45) is 2.58. The molecule has 0 aliphatic rings. The van der Waals surface area contributed by atoms with E-state index in [2.05, 4.69) is 9.97 Å². The normalized spacial score (nSPS) is 10.9. The topological polar surface area (TPSA) is 45.8 Å². The van der Waals surface area contributed by atoms with Gasteiger partial charge < -0.3 is 4.98 Å². The molecule has 0 amide bonds. The molecule has 0 unspecified atom stereocenters. The van der Waals surface area contributed by atoms with Crippen LogP contribution in [0.2, 0.25) is 0 Å². The lowest BCUT2D eigenvalue weighted by Gasteiger charge is -2.01. The molecule has 1 N–H and O–H groups in total. The Hall–Kier alpha value is -2.16. The Balaban J connectivity index is 2.53. The molecule has 0 saturated heterocycles. The summed E-state index contributed by atoms with van der Waals surface area (Å²) in [4.78, 5) is 18.0. The average molecular weight is 196 g/mol. The number of carbonyl (C=O) groups excluding carboxylic acids is 1. The number of H-pyrrole nitrogens is 1. The summed E-state index contributed by atoms with van der Waals surface area (Å²) in [6.45, 7) is 0. The number of aromatic amines is 1. The van der Waals surface area contributed by atoms with E-state index in [1.165, 1.54) is 0 Å². The Bertz CT molecular complexity index is 655. The number of hydrogen-bond acceptors (Lipinski definition) is 2. The monoisotopic (exact) mass is 196 g/mol. The third kappa shape index (κ3) is 1.13. The summed E-state index contributed by atoms with van der Waals surface area (Å²) < 4.78 is 0. The van der Waals surface area contributed by atoms with Crippen LogP contribution in [0, 0.1) is 0 Å². The minimum atomic E-state index is 0.580. The zero-order valence-electron chi connectivity index (χ0n) is 7.90. The Labute approximate surface area is 85.8 Å². The Morgan fingerprint density at radius 3 is 2.87 bits per heavy atom. The molecular formula is C12H8N2O. The van der Waals surface area contributed by atoms with Gasteiger partial charge in [-0.2, -0.15) is 0 Å². The molecule has 0 fully saturated rings. The zero-order valence-corrected chi connectivity index (χ0v) is 7.90. The van der Waals surface area contributed by atoms with Gasteiger partial charge in [0.05, 0.1) is 16.7 Å². The molecule has 3 aromatic rings. The number of carbonyl (C=O) groups is 1. The van der Waals surface area contributed by atoms with Crippen LogP contribution in [-0.4, -0.2) is 16.3 Å². The van der Waals surface area contributed by atoms with Gasteiger partial charge in [-0.15, -0.1) is 0 Å². The summed E-state index contributed by atoms with van der Waals surface area (Å²) in [5, 5.41) is 2.14. The van der Waals surface area contributed by atoms with Crippen molar-refractivity contribution in [3.63, 3.8) is 0 Å². The van der Waals surface area contributed by atoms with Crippen LogP contribution in [0.4, 0.5) is 0 Å². The van der Waals surface area contributed by atoms with Crippen molar-refractivity contribution in [2.75, 3.05) is 0 Å². The highest BCUT2D eigenvalue weighted by Gasteiger charge is 2.02. The molecule has 3 heteroatoms. The van der Waals surface area contributed by atoms with Crippen molar-refractivity contribution in [2.45, 2.75) is 0 Å². The van der Waals surface area contributed by atoms with Gasteiger partial charge in [0.1, 0.15) is 0 Å². The molecule has 0 bridgehead atoms. The van der Waals surface area contributed by atoms with Crippen LogP contribution in [0.25, 0.3) is 21.8 Å². The molecule has 0 radical (unpaired) electrons. The smallest absolute Gasteiger partial charge is 0.166 e. The lowest BCUT2D eigenvalue weighted by Crippen LogP contribution is -1.87. The van der Waals surface area contributed by atoms with E-state index in [0.29, 0.717) is 5.69 Å². The van der Waals surface area contributed by atoms with Crippen LogP contribution in [-0.2, 0) is 0 Å². The largest absolute Gasteiger partial charge is 0.352 e. The fraction of sp³-hybridized carbons (Fsp3) is 0. The summed E-state index contributed by atoms with van der Waals surface area (Å²) in [6, 6.07) is 9.63. The predicted molar refractivity (Wildman–Crippen MR) is 59.0 cm³/mol. The fourth-order valence-electron chi connectivity index (χ4n) is 1.81. The second-order valence-corrected chi connectivity index (χ2v) is 3.44. The predicted octanol–water partition coefficient (Wildman–Crippen LogP) is 2.53. The maximum Gasteiger partial charge on any atom is 0.166 e. The number of fused-ring (bicyclic) bond motifs is 3. The second kappa shape index (κ2) is 2.92. The van der Waals surface area contributed by atoms with Crippen molar-refractivity contribution in [3.05, 3.63) is 42.2 Å². The first-order valence-corrected chi connectivity index (χ1v) is 4.70. The highest BCUT2D eigenvalue weighted by molar-refractivity contribution is 6.04. The van der Waals surface area contributed by atoms with Crippen molar-refractivity contribution in [2.24, 2.45) is 0 Å². The third-order valence-corrected chi connectivity index (χ3v) is 2.55. The second-order valence-electron chi connectivity index (χ2n) is 3.44. The number of rotatable bonds is 1. The first-order valence-electron chi connectivity index (χ1n) is 4.70. The number of benzene rings is 1. The van der Waals surface area contributed by atoms with Crippen LogP contribution in [0.3, 0.4) is 0 Å². The van der Waals surface area contributed by atoms with Crippen molar-refractivity contribution in [1.29, 1.82) is 0 Å². The Kier molecular flexibility index (Phi) is 1.59. The maximum atomic E-state index is 10.7. The summed E-state index contributed by atoms with van der Waals surface area (Å²) in [5.41, 5.74) is 2.49. The van der Waals surface area contributed by atoms with Gasteiger partial charge in [0, 0.05) is 11.6 Å². The van der Waals surface area contributed by atoms with E-state index in [-0.39, 0.29) is 0 Å². The number of hydrogen-bond donors (Lipinski definition) is 1. The molecule has 0 atom stereocenters. The van der Waals surface area contributed by atoms with Crippen LogP contribution in [0.5, 0.6) is 0 Å². The third-order valence-electron chi connectivity index (χ3n) is 2.55. The van der Waals surface area contributed by atoms with E-state index in [4.69, 9.17) is 0 Å². The molecule has 3 rings (SSSR count). The van der Waals surface area contributed by atoms with Gasteiger partial charge in [-0.25, -0.2) is 0 Å². The zero-order chi connectivity index (χ0) is 10.3. The van der Waals surface area contributed by atoms with Crippen LogP contribution >= 0.6 is 0 Å². The number of aldehydes is 1. The molecule has 2 heterocycles. The van der Waals surface area contributed by atoms with Gasteiger partial charge in [-0.1, -0.05) is 12.1 Å². The van der Waals surface area contributed by atoms with E-state index in [9.17, 15) is 4.79 Å². The Morgan fingerprint density at radius 2 is 2.00 bits per heavy atom. The number of pyridine rings is 1. The molecule has 0 saturated carbocycles. The molecule has 72 valence electrons. The van der Waals surface area contributed by atoms with Crippen molar-refractivity contribution in [3.8, 4) is 0 Å². The molecule has 1 aromatic carbocycles. The molecule has 0 aliphatic carbocycles. The standard InChI is InChI=1S/C12H8N2O/c15-7-9-3-1-8-2-4-11-10(5-6-13-11)12(8)14-9/h1-7,14H. The fourth-order valence-corrected chi connectivity index (χ4v) is 1.81. The molecule has 3 nitrogen and oxygen atoms in total. The van der Waals surface area contributed by atoms with Crippen LogP contribution in [0.15, 0.2) is 36.5 Å². The quantitative estimate of drug-likeness (QED) is 0.608. The first kappa shape index (κ1) is 8.17. The van der Waals surface area contributed by atoms with Gasteiger partial charge in [0.25, 0.3) is 0 Å². The minimum absolute atomic E-state index is 0.580. The van der Waals surface area contributed by atoms with Crippen molar-refractivity contribution < 1.29 is 4.79 Å². The summed E-state index contributed by atoms with van der Waals surface area (Å²) in [5.74, 6) is 0. The van der Waals surface area contributed by atoms with Gasteiger partial charge in [0.2, 0.25) is 0 Å². The molecule has 0 aliphatic heterocycles. The van der Waals surface area contributed by atoms with Crippen LogP contribution in [0.1, 0.15) is 10.5 Å². The molecule has 15 heavy (non-hydrogen) atoms. The van der Waals surface area contributed by atoms with E-state index < -0.39 is 0 Å². The highest BCUT2D eigenvalue weighted by Crippen LogP contribution is 2.22. The molecule has 0 spiro atoms. The highest BCUT2D eigenvalue weighted by atomic mass is 16.1. The van der Waals surface area contributed by atoms with Gasteiger partial charge in [0.15, 0.2) is 6.29 Å². The Morgan fingerprint density at radius 1 is 1.13 bits per heavy atom. The van der Waals surface area contributed by atoms with E-state index >= 15 is 0 Å². The van der Waals surface area contributed by atoms with E-state index in [1.54, 1.807) is 12.3 Å². The summed E-state index contributed by atoms with van der Waals surface area (Å²) >= 11 is 0. The SMILES string of the molecule is O=Cc1ccc2ccc3nccc3c2[nH]1. The molecular weight excluding hydrogens is 188 g/mol. The summed E-state index contributed by atoms with van der Waals surface area (Å²) in [7, 11) is 0. The van der Waals surface area contributed by atoms with Gasteiger partial charge >= 0.3 is 0 Å². The maximum absolute atomic E-state index is 10.7. The average Bonchev–Trinajstić information content (AvgIpc) is 2.76. The van der Waals surface area contributed by atoms with Gasteiger partial charge in [-0.05, 0) is 23.6 Å². The van der Waals surface area contributed by atoms with Gasteiger partial charge in [-0.3, -0.25) is 9.78 Å². The molecule has 2 aromatic heterocycles. The lowest BCUT2D eigenvalue weighted by molar-refractivity contribution is 0.111. The number of nitrogens with one attached hydrogen (secondary N) is 1. The van der Waals surface area contributed by atoms with Crippen molar-refractivity contribution >= 4 is 28.1 Å². The first-order chi connectivity index (χ1) is 7.38. The van der Waals surface area contributed by atoms with Crippen LogP contribution < -0.4 is 0 Å². The van der Waals surface area contributed by atoms with Crippen molar-refractivity contribution in [1.82, 2.24) is 9.97 Å². The number of nitrogens with zero attached hydrogens (tertiary/aromatic N) is 1. The lowest BCUT2D eigenvalue weighted by atomic mass is 10.1. The van der Waals surface area contributed by atoms with E-state index in [0.717, 1.165) is 28.1 Å². The number of aromatic nitrogens is 2. The van der Waals surface area contributed by atoms with E-state index in [1.807, 2.05) is 24.3 Å².